The monoisotopic (exact) mass is 425 g/mol. The number of aryl methyl sites for hydroxylation is 1. The Kier molecular flexibility index (Phi) is 5.09. The van der Waals surface area contributed by atoms with Gasteiger partial charge in [-0.2, -0.15) is 0 Å². The van der Waals surface area contributed by atoms with Crippen LogP contribution in [-0.2, 0) is 14.6 Å². The van der Waals surface area contributed by atoms with Gasteiger partial charge in [0, 0.05) is 22.6 Å². The molecule has 29 heavy (non-hydrogen) atoms. The first-order valence-electron chi connectivity index (χ1n) is 9.60. The molecule has 0 saturated heterocycles. The Morgan fingerprint density at radius 3 is 2.31 bits per heavy atom. The second kappa shape index (κ2) is 7.43. The molecule has 0 spiro atoms. The number of rotatable bonds is 4. The molecule has 1 atom stereocenters. The van der Waals surface area contributed by atoms with E-state index in [-0.39, 0.29) is 21.6 Å². The molecule has 1 amide bonds. The van der Waals surface area contributed by atoms with Crippen LogP contribution in [0.5, 0.6) is 0 Å². The van der Waals surface area contributed by atoms with Crippen molar-refractivity contribution in [1.82, 2.24) is 0 Å². The van der Waals surface area contributed by atoms with Crippen LogP contribution in [0.2, 0.25) is 0 Å². The molecule has 2 aromatic carbocycles. The fraction of sp³-hybridized carbons (Fsp3) is 0.261. The molecular formula is C23H23NO3S2. The smallest absolute Gasteiger partial charge is 0.225 e. The molecule has 1 aliphatic rings. The predicted octanol–water partition coefficient (Wildman–Crippen LogP) is 5.49. The number of nitrogens with one attached hydrogen (secondary N) is 1. The first kappa shape index (κ1) is 19.9. The van der Waals surface area contributed by atoms with Crippen molar-refractivity contribution in [3.05, 3.63) is 75.5 Å². The van der Waals surface area contributed by atoms with E-state index in [1.165, 1.54) is 16.9 Å². The maximum Gasteiger partial charge on any atom is 0.225 e. The SMILES string of the molecule is Cc1ccc(S(=O)(=O)c2csc3c2NC(=O)C[C@@H]3c2ccc(C(C)C)cc2)cc1. The van der Waals surface area contributed by atoms with E-state index in [1.54, 1.807) is 29.6 Å². The number of carbonyl (C=O) groups is 1. The maximum atomic E-state index is 13.2. The number of thiophene rings is 1. The second-order valence-electron chi connectivity index (χ2n) is 7.78. The molecule has 0 unspecified atom stereocenters. The molecule has 1 N–H and O–H groups in total. The summed E-state index contributed by atoms with van der Waals surface area (Å²) in [5, 5.41) is 4.47. The Balaban J connectivity index is 1.77. The summed E-state index contributed by atoms with van der Waals surface area (Å²) in [7, 11) is -3.71. The fourth-order valence-electron chi connectivity index (χ4n) is 3.63. The standard InChI is InChI=1S/C23H23NO3S2/c1-14(2)16-6-8-17(9-7-16)19-12-21(25)24-22-20(13-28-23(19)22)29(26,27)18-10-4-15(3)5-11-18/h4-11,13-14,19H,12H2,1-3H3,(H,24,25)/t19-/m1/s1. The second-order valence-corrected chi connectivity index (χ2v) is 10.6. The van der Waals surface area contributed by atoms with Crippen LogP contribution in [-0.4, -0.2) is 14.3 Å². The van der Waals surface area contributed by atoms with Gasteiger partial charge in [0.1, 0.15) is 4.90 Å². The molecule has 6 heteroatoms. The zero-order valence-electron chi connectivity index (χ0n) is 16.6. The number of sulfone groups is 1. The summed E-state index contributed by atoms with van der Waals surface area (Å²) < 4.78 is 26.4. The summed E-state index contributed by atoms with van der Waals surface area (Å²) in [6, 6.07) is 15.1. The number of hydrogen-bond acceptors (Lipinski definition) is 4. The van der Waals surface area contributed by atoms with E-state index in [4.69, 9.17) is 0 Å². The largest absolute Gasteiger partial charge is 0.324 e. The number of benzene rings is 2. The Hall–Kier alpha value is -2.44. The minimum absolute atomic E-state index is 0.132. The van der Waals surface area contributed by atoms with E-state index in [0.717, 1.165) is 16.0 Å². The topological polar surface area (TPSA) is 63.2 Å². The molecular weight excluding hydrogens is 402 g/mol. The van der Waals surface area contributed by atoms with E-state index in [0.29, 0.717) is 18.0 Å². The van der Waals surface area contributed by atoms with Crippen molar-refractivity contribution in [3.63, 3.8) is 0 Å². The summed E-state index contributed by atoms with van der Waals surface area (Å²) >= 11 is 1.40. The molecule has 1 aliphatic heterocycles. The molecule has 150 valence electrons. The van der Waals surface area contributed by atoms with Crippen molar-refractivity contribution in [1.29, 1.82) is 0 Å². The maximum absolute atomic E-state index is 13.2. The first-order valence-corrected chi connectivity index (χ1v) is 12.0. The number of hydrogen-bond donors (Lipinski definition) is 1. The number of anilines is 1. The summed E-state index contributed by atoms with van der Waals surface area (Å²) in [6.07, 6.45) is 0.318. The van der Waals surface area contributed by atoms with Gasteiger partial charge in [-0.15, -0.1) is 11.3 Å². The van der Waals surface area contributed by atoms with Gasteiger partial charge in [-0.3, -0.25) is 4.79 Å². The molecule has 0 saturated carbocycles. The van der Waals surface area contributed by atoms with E-state index >= 15 is 0 Å². The van der Waals surface area contributed by atoms with Crippen molar-refractivity contribution in [2.45, 2.75) is 48.8 Å². The number of carbonyl (C=O) groups excluding carboxylic acids is 1. The van der Waals surface area contributed by atoms with Gasteiger partial charge in [0.05, 0.1) is 10.6 Å². The van der Waals surface area contributed by atoms with Gasteiger partial charge in [0.2, 0.25) is 15.7 Å². The van der Waals surface area contributed by atoms with Crippen LogP contribution in [0, 0.1) is 6.92 Å². The van der Waals surface area contributed by atoms with Crippen molar-refractivity contribution in [2.24, 2.45) is 0 Å². The van der Waals surface area contributed by atoms with Crippen LogP contribution in [0.4, 0.5) is 5.69 Å². The average molecular weight is 426 g/mol. The first-order chi connectivity index (χ1) is 13.8. The summed E-state index contributed by atoms with van der Waals surface area (Å²) in [5.41, 5.74) is 3.70. The minimum atomic E-state index is -3.71. The normalized spacial score (nSPS) is 16.6. The molecule has 0 fully saturated rings. The zero-order valence-corrected chi connectivity index (χ0v) is 18.2. The van der Waals surface area contributed by atoms with Gasteiger partial charge in [-0.1, -0.05) is 55.8 Å². The highest BCUT2D eigenvalue weighted by molar-refractivity contribution is 7.91. The molecule has 0 aliphatic carbocycles. The third kappa shape index (κ3) is 3.63. The quantitative estimate of drug-likeness (QED) is 0.601. The molecule has 2 heterocycles. The molecule has 3 aromatic rings. The highest BCUT2D eigenvalue weighted by Crippen LogP contribution is 2.45. The van der Waals surface area contributed by atoms with Gasteiger partial charge in [0.15, 0.2) is 0 Å². The Bertz CT molecular complexity index is 1160. The van der Waals surface area contributed by atoms with Crippen molar-refractivity contribution < 1.29 is 13.2 Å². The van der Waals surface area contributed by atoms with Gasteiger partial charge < -0.3 is 5.32 Å². The lowest BCUT2D eigenvalue weighted by molar-refractivity contribution is -0.116. The van der Waals surface area contributed by atoms with Gasteiger partial charge in [-0.05, 0) is 36.1 Å². The van der Waals surface area contributed by atoms with Gasteiger partial charge >= 0.3 is 0 Å². The third-order valence-electron chi connectivity index (χ3n) is 5.38. The zero-order chi connectivity index (χ0) is 20.8. The van der Waals surface area contributed by atoms with Crippen molar-refractivity contribution in [2.75, 3.05) is 5.32 Å². The molecule has 0 radical (unpaired) electrons. The van der Waals surface area contributed by atoms with Crippen LogP contribution < -0.4 is 5.32 Å². The molecule has 4 rings (SSSR count). The lowest BCUT2D eigenvalue weighted by atomic mass is 9.89. The highest BCUT2D eigenvalue weighted by atomic mass is 32.2. The van der Waals surface area contributed by atoms with Gasteiger partial charge in [-0.25, -0.2) is 8.42 Å². The van der Waals surface area contributed by atoms with Crippen LogP contribution in [0.3, 0.4) is 0 Å². The van der Waals surface area contributed by atoms with E-state index in [9.17, 15) is 13.2 Å². The Labute approximate surface area is 175 Å². The number of amides is 1. The van der Waals surface area contributed by atoms with Crippen LogP contribution >= 0.6 is 11.3 Å². The number of fused-ring (bicyclic) bond motifs is 1. The van der Waals surface area contributed by atoms with E-state index < -0.39 is 9.84 Å². The van der Waals surface area contributed by atoms with Crippen LogP contribution in [0.15, 0.2) is 63.7 Å². The third-order valence-corrected chi connectivity index (χ3v) is 8.42. The van der Waals surface area contributed by atoms with Gasteiger partial charge in [0.25, 0.3) is 0 Å². The summed E-state index contributed by atoms with van der Waals surface area (Å²) in [4.78, 5) is 13.8. The Morgan fingerprint density at radius 2 is 1.69 bits per heavy atom. The lowest BCUT2D eigenvalue weighted by Gasteiger charge is -2.24. The predicted molar refractivity (Wildman–Crippen MR) is 117 cm³/mol. The fourth-order valence-corrected chi connectivity index (χ4v) is 6.54. The van der Waals surface area contributed by atoms with E-state index in [1.807, 2.05) is 6.92 Å². The average Bonchev–Trinajstić information content (AvgIpc) is 3.12. The van der Waals surface area contributed by atoms with Crippen molar-refractivity contribution >= 4 is 32.8 Å². The van der Waals surface area contributed by atoms with Crippen molar-refractivity contribution in [3.8, 4) is 0 Å². The van der Waals surface area contributed by atoms with Crippen LogP contribution in [0.1, 0.15) is 53.7 Å². The minimum Gasteiger partial charge on any atom is -0.324 e. The highest BCUT2D eigenvalue weighted by Gasteiger charge is 2.34. The molecule has 4 nitrogen and oxygen atoms in total. The lowest BCUT2D eigenvalue weighted by Crippen LogP contribution is -2.23. The van der Waals surface area contributed by atoms with E-state index in [2.05, 4.69) is 43.4 Å². The molecule has 1 aromatic heterocycles. The molecule has 0 bridgehead atoms. The summed E-state index contributed by atoms with van der Waals surface area (Å²) in [6.45, 7) is 6.20. The summed E-state index contributed by atoms with van der Waals surface area (Å²) in [5.74, 6) is 0.142. The Morgan fingerprint density at radius 1 is 1.03 bits per heavy atom. The van der Waals surface area contributed by atoms with Crippen LogP contribution in [0.25, 0.3) is 0 Å².